The molecule has 0 aromatic heterocycles. The maximum absolute atomic E-state index is 12.0. The maximum atomic E-state index is 12.0. The molecule has 1 heterocycles. The molecule has 1 aliphatic heterocycles. The van der Waals surface area contributed by atoms with E-state index in [-0.39, 0.29) is 11.9 Å². The molecule has 0 radical (unpaired) electrons. The van der Waals surface area contributed by atoms with Crippen LogP contribution in [0.1, 0.15) is 39.2 Å². The largest absolute Gasteiger partial charge is 0.481 e. The summed E-state index contributed by atoms with van der Waals surface area (Å²) in [5, 5.41) is 6.32. The lowest BCUT2D eigenvalue weighted by molar-refractivity contribution is -0.127. The molecule has 4 heteroatoms. The minimum absolute atomic E-state index is 0.0549. The number of anilines is 1. The summed E-state index contributed by atoms with van der Waals surface area (Å²) >= 11 is 0. The van der Waals surface area contributed by atoms with Crippen molar-refractivity contribution >= 4 is 11.6 Å². The van der Waals surface area contributed by atoms with Gasteiger partial charge in [0, 0.05) is 23.8 Å². The summed E-state index contributed by atoms with van der Waals surface area (Å²) in [6.45, 7) is 6.85. The number of nitrogens with one attached hydrogen (secondary N) is 2. The Morgan fingerprint density at radius 1 is 1.45 bits per heavy atom. The smallest absolute Gasteiger partial charge is 0.260 e. The number of amides is 1. The van der Waals surface area contributed by atoms with E-state index in [1.807, 2.05) is 19.1 Å². The van der Waals surface area contributed by atoms with Crippen LogP contribution in [-0.4, -0.2) is 24.6 Å². The third-order valence-corrected chi connectivity index (χ3v) is 3.73. The van der Waals surface area contributed by atoms with Crippen LogP contribution in [0.15, 0.2) is 18.2 Å². The van der Waals surface area contributed by atoms with Gasteiger partial charge in [-0.2, -0.15) is 0 Å². The first-order chi connectivity index (χ1) is 9.61. The normalized spacial score (nSPS) is 16.6. The molecule has 0 saturated carbocycles. The first kappa shape index (κ1) is 14.7. The van der Waals surface area contributed by atoms with Gasteiger partial charge >= 0.3 is 0 Å². The van der Waals surface area contributed by atoms with Gasteiger partial charge in [-0.05, 0) is 45.2 Å². The second-order valence-corrected chi connectivity index (χ2v) is 5.39. The molecule has 0 spiro atoms. The maximum Gasteiger partial charge on any atom is 0.260 e. The number of carbonyl (C=O) groups is 1. The average Bonchev–Trinajstić information content (AvgIpc) is 2.47. The van der Waals surface area contributed by atoms with Crippen LogP contribution < -0.4 is 15.4 Å². The number of fused-ring (bicyclic) bond motifs is 1. The Morgan fingerprint density at radius 2 is 2.25 bits per heavy atom. The molecule has 1 aromatic rings. The molecule has 0 bridgehead atoms. The highest BCUT2D eigenvalue weighted by molar-refractivity contribution is 5.81. The molecule has 0 fully saturated rings. The first-order valence-corrected chi connectivity index (χ1v) is 7.44. The van der Waals surface area contributed by atoms with Crippen molar-refractivity contribution in [3.05, 3.63) is 23.8 Å². The second-order valence-electron chi connectivity index (χ2n) is 5.39. The summed E-state index contributed by atoms with van der Waals surface area (Å²) in [5.74, 6) is 0.766. The Bertz CT molecular complexity index is 474. The Labute approximate surface area is 120 Å². The molecule has 20 heavy (non-hydrogen) atoms. The molecular weight excluding hydrogens is 252 g/mol. The van der Waals surface area contributed by atoms with E-state index >= 15 is 0 Å². The Morgan fingerprint density at radius 3 is 3.00 bits per heavy atom. The lowest BCUT2D eigenvalue weighted by Crippen LogP contribution is -2.41. The van der Waals surface area contributed by atoms with Crippen molar-refractivity contribution < 1.29 is 9.53 Å². The van der Waals surface area contributed by atoms with E-state index in [1.165, 1.54) is 5.56 Å². The van der Waals surface area contributed by atoms with Gasteiger partial charge in [-0.3, -0.25) is 4.79 Å². The van der Waals surface area contributed by atoms with E-state index in [2.05, 4.69) is 23.6 Å². The number of hydrogen-bond acceptors (Lipinski definition) is 3. The molecule has 2 atom stereocenters. The van der Waals surface area contributed by atoms with Gasteiger partial charge in [-0.25, -0.2) is 0 Å². The van der Waals surface area contributed by atoms with Crippen LogP contribution in [0.4, 0.5) is 5.69 Å². The van der Waals surface area contributed by atoms with Gasteiger partial charge < -0.3 is 15.4 Å². The topological polar surface area (TPSA) is 50.4 Å². The van der Waals surface area contributed by atoms with E-state index in [0.29, 0.717) is 0 Å². The highest BCUT2D eigenvalue weighted by atomic mass is 16.5. The zero-order valence-electron chi connectivity index (χ0n) is 12.5. The van der Waals surface area contributed by atoms with Gasteiger partial charge in [0.1, 0.15) is 5.75 Å². The molecule has 2 N–H and O–H groups in total. The van der Waals surface area contributed by atoms with Gasteiger partial charge in [-0.15, -0.1) is 0 Å². The lowest BCUT2D eigenvalue weighted by Gasteiger charge is -2.23. The third kappa shape index (κ3) is 3.44. The summed E-state index contributed by atoms with van der Waals surface area (Å²) < 4.78 is 5.87. The zero-order valence-corrected chi connectivity index (χ0v) is 12.5. The highest BCUT2D eigenvalue weighted by Gasteiger charge is 2.19. The molecular formula is C16H24N2O2. The number of benzene rings is 1. The lowest BCUT2D eigenvalue weighted by atomic mass is 10.0. The fourth-order valence-corrected chi connectivity index (χ4v) is 2.29. The van der Waals surface area contributed by atoms with E-state index in [9.17, 15) is 4.79 Å². The molecule has 1 aliphatic rings. The summed E-state index contributed by atoms with van der Waals surface area (Å²) in [5.41, 5.74) is 2.31. The fraction of sp³-hybridized carbons (Fsp3) is 0.562. The summed E-state index contributed by atoms with van der Waals surface area (Å²) in [7, 11) is 0. The quantitative estimate of drug-likeness (QED) is 0.869. The minimum atomic E-state index is -0.475. The van der Waals surface area contributed by atoms with E-state index in [1.54, 1.807) is 6.92 Å². The van der Waals surface area contributed by atoms with Crippen LogP contribution in [0.3, 0.4) is 0 Å². The minimum Gasteiger partial charge on any atom is -0.481 e. The van der Waals surface area contributed by atoms with Crippen molar-refractivity contribution in [1.82, 2.24) is 5.32 Å². The average molecular weight is 276 g/mol. The highest BCUT2D eigenvalue weighted by Crippen LogP contribution is 2.31. The molecule has 0 aliphatic carbocycles. The molecule has 110 valence electrons. The van der Waals surface area contributed by atoms with Crippen LogP contribution in [0, 0.1) is 0 Å². The molecule has 4 nitrogen and oxygen atoms in total. The predicted octanol–water partition coefficient (Wildman–Crippen LogP) is 2.73. The van der Waals surface area contributed by atoms with E-state index in [4.69, 9.17) is 4.74 Å². The van der Waals surface area contributed by atoms with Crippen LogP contribution in [0.2, 0.25) is 0 Å². The van der Waals surface area contributed by atoms with Gasteiger partial charge in [-0.1, -0.05) is 13.0 Å². The predicted molar refractivity (Wildman–Crippen MR) is 81.2 cm³/mol. The van der Waals surface area contributed by atoms with Crippen molar-refractivity contribution in [3.8, 4) is 5.75 Å². The van der Waals surface area contributed by atoms with Crippen molar-refractivity contribution in [2.75, 3.05) is 11.9 Å². The van der Waals surface area contributed by atoms with Crippen LogP contribution in [-0.2, 0) is 11.2 Å². The van der Waals surface area contributed by atoms with Gasteiger partial charge in [0.05, 0.1) is 0 Å². The SMILES string of the molecule is CCC(C)NC(=O)C(C)Oc1cccc2c1CCCN2. The van der Waals surface area contributed by atoms with Crippen molar-refractivity contribution in [2.45, 2.75) is 52.2 Å². The van der Waals surface area contributed by atoms with E-state index in [0.717, 1.165) is 37.2 Å². The van der Waals surface area contributed by atoms with Crippen molar-refractivity contribution in [3.63, 3.8) is 0 Å². The molecule has 0 saturated heterocycles. The summed E-state index contributed by atoms with van der Waals surface area (Å²) in [4.78, 5) is 12.0. The van der Waals surface area contributed by atoms with Gasteiger partial charge in [0.2, 0.25) is 0 Å². The van der Waals surface area contributed by atoms with Crippen LogP contribution in [0.25, 0.3) is 0 Å². The molecule has 1 amide bonds. The Balaban J connectivity index is 2.04. The first-order valence-electron chi connectivity index (χ1n) is 7.44. The number of ether oxygens (including phenoxy) is 1. The van der Waals surface area contributed by atoms with Crippen molar-refractivity contribution in [2.24, 2.45) is 0 Å². The zero-order chi connectivity index (χ0) is 14.5. The standard InChI is InChI=1S/C16H24N2O2/c1-4-11(2)18-16(19)12(3)20-15-9-5-8-14-13(15)7-6-10-17-14/h5,8-9,11-12,17H,4,6-7,10H2,1-3H3,(H,18,19). The molecule has 2 rings (SSSR count). The third-order valence-electron chi connectivity index (χ3n) is 3.73. The fourth-order valence-electron chi connectivity index (χ4n) is 2.29. The number of hydrogen-bond donors (Lipinski definition) is 2. The second kappa shape index (κ2) is 6.64. The van der Waals surface area contributed by atoms with Crippen LogP contribution >= 0.6 is 0 Å². The van der Waals surface area contributed by atoms with E-state index < -0.39 is 6.10 Å². The van der Waals surface area contributed by atoms with Crippen LogP contribution in [0.5, 0.6) is 5.75 Å². The number of rotatable bonds is 5. The molecule has 1 aromatic carbocycles. The Kier molecular flexibility index (Phi) is 4.88. The monoisotopic (exact) mass is 276 g/mol. The summed E-state index contributed by atoms with van der Waals surface area (Å²) in [6, 6.07) is 6.15. The Hall–Kier alpha value is -1.71. The van der Waals surface area contributed by atoms with Gasteiger partial charge in [0.25, 0.3) is 5.91 Å². The van der Waals surface area contributed by atoms with Crippen molar-refractivity contribution in [1.29, 1.82) is 0 Å². The number of carbonyl (C=O) groups excluding carboxylic acids is 1. The summed E-state index contributed by atoms with van der Waals surface area (Å²) in [6.07, 6.45) is 2.54. The van der Waals surface area contributed by atoms with Gasteiger partial charge in [0.15, 0.2) is 6.10 Å². The molecule has 2 unspecified atom stereocenters.